The predicted molar refractivity (Wildman–Crippen MR) is 105 cm³/mol. The van der Waals surface area contributed by atoms with Crippen LogP contribution in [-0.4, -0.2) is 53.2 Å². The molecular formula is C19H23N5OS. The number of nitrogens with zero attached hydrogens (tertiary/aromatic N) is 4. The van der Waals surface area contributed by atoms with Gasteiger partial charge in [0.15, 0.2) is 0 Å². The fourth-order valence-electron chi connectivity index (χ4n) is 3.13. The molecule has 1 aromatic carbocycles. The first-order valence-corrected chi connectivity index (χ1v) is 9.76. The van der Waals surface area contributed by atoms with Gasteiger partial charge in [0.2, 0.25) is 0 Å². The lowest BCUT2D eigenvalue weighted by atomic mass is 10.1. The molecule has 136 valence electrons. The first-order valence-electron chi connectivity index (χ1n) is 8.94. The molecule has 6 nitrogen and oxygen atoms in total. The smallest absolute Gasteiger partial charge is 0.129 e. The second-order valence-electron chi connectivity index (χ2n) is 6.63. The lowest BCUT2D eigenvalue weighted by molar-refractivity contribution is 0.193. The van der Waals surface area contributed by atoms with E-state index in [-0.39, 0.29) is 0 Å². The van der Waals surface area contributed by atoms with Crippen LogP contribution in [0.25, 0.3) is 10.2 Å². The van der Waals surface area contributed by atoms with Crippen molar-refractivity contribution in [1.29, 1.82) is 0 Å². The largest absolute Gasteiger partial charge is 0.381 e. The van der Waals surface area contributed by atoms with Crippen molar-refractivity contribution >= 4 is 27.4 Å². The molecule has 7 heteroatoms. The van der Waals surface area contributed by atoms with Crippen LogP contribution in [0.15, 0.2) is 36.7 Å². The second-order valence-corrected chi connectivity index (χ2v) is 7.74. The van der Waals surface area contributed by atoms with Gasteiger partial charge in [-0.15, -0.1) is 11.3 Å². The van der Waals surface area contributed by atoms with E-state index in [2.05, 4.69) is 45.4 Å². The van der Waals surface area contributed by atoms with Crippen molar-refractivity contribution in [2.75, 3.05) is 38.7 Å². The summed E-state index contributed by atoms with van der Waals surface area (Å²) in [6, 6.07) is 10.3. The summed E-state index contributed by atoms with van der Waals surface area (Å²) in [5.41, 5.74) is 2.16. The summed E-state index contributed by atoms with van der Waals surface area (Å²) in [4.78, 5) is 15.7. The molecule has 1 saturated heterocycles. The molecule has 0 aliphatic carbocycles. The van der Waals surface area contributed by atoms with E-state index in [0.29, 0.717) is 5.92 Å². The molecule has 0 amide bonds. The fourth-order valence-corrected chi connectivity index (χ4v) is 4.18. The van der Waals surface area contributed by atoms with Gasteiger partial charge in [-0.1, -0.05) is 12.1 Å². The van der Waals surface area contributed by atoms with Crippen LogP contribution in [-0.2, 0) is 11.3 Å². The molecule has 4 rings (SSSR count). The number of thiazole rings is 1. The lowest BCUT2D eigenvalue weighted by Crippen LogP contribution is -2.25. The SMILES string of the molecule is CN(CCNc1cc([C@H]2CCOC2)ncn1)Cc1nc2ccccc2s1. The quantitative estimate of drug-likeness (QED) is 0.690. The first kappa shape index (κ1) is 17.3. The maximum absolute atomic E-state index is 5.45. The average Bonchev–Trinajstić information content (AvgIpc) is 3.31. The summed E-state index contributed by atoms with van der Waals surface area (Å²) in [5, 5.41) is 4.55. The number of benzene rings is 1. The highest BCUT2D eigenvalue weighted by Gasteiger charge is 2.19. The molecule has 0 unspecified atom stereocenters. The zero-order valence-corrected chi connectivity index (χ0v) is 15.7. The molecule has 2 aromatic heterocycles. The molecule has 26 heavy (non-hydrogen) atoms. The number of para-hydroxylation sites is 1. The van der Waals surface area contributed by atoms with Crippen molar-refractivity contribution in [3.63, 3.8) is 0 Å². The van der Waals surface area contributed by atoms with E-state index in [0.717, 1.165) is 61.3 Å². The van der Waals surface area contributed by atoms with Crippen molar-refractivity contribution in [3.05, 3.63) is 47.4 Å². The Morgan fingerprint density at radius 2 is 2.23 bits per heavy atom. The molecule has 1 N–H and O–H groups in total. The Morgan fingerprint density at radius 3 is 3.08 bits per heavy atom. The topological polar surface area (TPSA) is 63.2 Å². The van der Waals surface area contributed by atoms with E-state index in [1.54, 1.807) is 17.7 Å². The zero-order chi connectivity index (χ0) is 17.8. The van der Waals surface area contributed by atoms with Crippen LogP contribution in [0.2, 0.25) is 0 Å². The van der Waals surface area contributed by atoms with Gasteiger partial charge in [-0.3, -0.25) is 4.90 Å². The van der Waals surface area contributed by atoms with Gasteiger partial charge in [0.1, 0.15) is 17.2 Å². The molecule has 1 fully saturated rings. The molecule has 3 heterocycles. The Balaban J connectivity index is 1.28. The standard InChI is InChI=1S/C19H23N5OS/c1-24(11-19-23-15-4-2-3-5-17(15)26-19)8-7-20-18-10-16(21-13-22-18)14-6-9-25-12-14/h2-5,10,13-14H,6-9,11-12H2,1H3,(H,20,21,22)/t14-/m0/s1. The van der Waals surface area contributed by atoms with E-state index in [9.17, 15) is 0 Å². The average molecular weight is 369 g/mol. The number of fused-ring (bicyclic) bond motifs is 1. The van der Waals surface area contributed by atoms with Crippen molar-refractivity contribution in [2.24, 2.45) is 0 Å². The minimum atomic E-state index is 0.403. The minimum absolute atomic E-state index is 0.403. The Kier molecular flexibility index (Phi) is 5.38. The molecule has 1 aliphatic heterocycles. The minimum Gasteiger partial charge on any atom is -0.381 e. The maximum Gasteiger partial charge on any atom is 0.129 e. The lowest BCUT2D eigenvalue weighted by Gasteiger charge is -2.16. The highest BCUT2D eigenvalue weighted by atomic mass is 32.1. The molecule has 0 radical (unpaired) electrons. The predicted octanol–water partition coefficient (Wildman–Crippen LogP) is 3.13. The van der Waals surface area contributed by atoms with Crippen LogP contribution in [0, 0.1) is 0 Å². The summed E-state index contributed by atoms with van der Waals surface area (Å²) >= 11 is 1.77. The number of aromatic nitrogens is 3. The van der Waals surface area contributed by atoms with Gasteiger partial charge >= 0.3 is 0 Å². The van der Waals surface area contributed by atoms with Crippen molar-refractivity contribution in [3.8, 4) is 0 Å². The van der Waals surface area contributed by atoms with Gasteiger partial charge in [-0.05, 0) is 25.6 Å². The van der Waals surface area contributed by atoms with Crippen molar-refractivity contribution in [2.45, 2.75) is 18.9 Å². The molecule has 0 saturated carbocycles. The number of rotatable bonds is 7. The van der Waals surface area contributed by atoms with E-state index in [4.69, 9.17) is 9.72 Å². The Bertz CT molecular complexity index is 829. The van der Waals surface area contributed by atoms with E-state index < -0.39 is 0 Å². The highest BCUT2D eigenvalue weighted by molar-refractivity contribution is 7.18. The van der Waals surface area contributed by atoms with Gasteiger partial charge < -0.3 is 10.1 Å². The Morgan fingerprint density at radius 1 is 1.31 bits per heavy atom. The van der Waals surface area contributed by atoms with Gasteiger partial charge in [0.25, 0.3) is 0 Å². The normalized spacial score (nSPS) is 17.2. The van der Waals surface area contributed by atoms with Crippen LogP contribution >= 0.6 is 11.3 Å². The third kappa shape index (κ3) is 4.17. The number of hydrogen-bond acceptors (Lipinski definition) is 7. The van der Waals surface area contributed by atoms with E-state index >= 15 is 0 Å². The number of anilines is 1. The third-order valence-electron chi connectivity index (χ3n) is 4.58. The molecular weight excluding hydrogens is 346 g/mol. The van der Waals surface area contributed by atoms with Crippen LogP contribution in [0.5, 0.6) is 0 Å². The summed E-state index contributed by atoms with van der Waals surface area (Å²) in [7, 11) is 2.12. The second kappa shape index (κ2) is 8.07. The van der Waals surface area contributed by atoms with Crippen molar-refractivity contribution < 1.29 is 4.74 Å². The summed E-state index contributed by atoms with van der Waals surface area (Å²) < 4.78 is 6.70. The molecule has 1 atom stereocenters. The van der Waals surface area contributed by atoms with Gasteiger partial charge in [-0.25, -0.2) is 15.0 Å². The first-order chi connectivity index (χ1) is 12.8. The van der Waals surface area contributed by atoms with Gasteiger partial charge in [0.05, 0.1) is 29.1 Å². The Hall–Kier alpha value is -2.09. The molecule has 3 aromatic rings. The van der Waals surface area contributed by atoms with Crippen LogP contribution < -0.4 is 5.32 Å². The number of nitrogens with one attached hydrogen (secondary N) is 1. The number of hydrogen-bond donors (Lipinski definition) is 1. The van der Waals surface area contributed by atoms with Crippen LogP contribution in [0.4, 0.5) is 5.82 Å². The van der Waals surface area contributed by atoms with E-state index in [1.807, 2.05) is 12.1 Å². The van der Waals surface area contributed by atoms with E-state index in [1.165, 1.54) is 4.70 Å². The zero-order valence-electron chi connectivity index (χ0n) is 14.9. The number of likely N-dealkylation sites (N-methyl/N-ethyl adjacent to an activating group) is 1. The monoisotopic (exact) mass is 369 g/mol. The number of ether oxygens (including phenoxy) is 1. The molecule has 0 bridgehead atoms. The van der Waals surface area contributed by atoms with Gasteiger partial charge in [-0.2, -0.15) is 0 Å². The molecule has 1 aliphatic rings. The highest BCUT2D eigenvalue weighted by Crippen LogP contribution is 2.24. The molecule has 0 spiro atoms. The Labute approximate surface area is 157 Å². The van der Waals surface area contributed by atoms with Gasteiger partial charge in [0, 0.05) is 31.7 Å². The van der Waals surface area contributed by atoms with Crippen molar-refractivity contribution in [1.82, 2.24) is 19.9 Å². The summed E-state index contributed by atoms with van der Waals surface area (Å²) in [6.07, 6.45) is 2.68. The van der Waals surface area contributed by atoms with Crippen LogP contribution in [0.3, 0.4) is 0 Å². The summed E-state index contributed by atoms with van der Waals surface area (Å²) in [5.74, 6) is 1.29. The third-order valence-corrected chi connectivity index (χ3v) is 5.60. The fraction of sp³-hybridized carbons (Fsp3) is 0.421. The van der Waals surface area contributed by atoms with Crippen LogP contribution in [0.1, 0.15) is 23.0 Å². The maximum atomic E-state index is 5.45. The summed E-state index contributed by atoms with van der Waals surface area (Å²) in [6.45, 7) is 4.20.